The summed E-state index contributed by atoms with van der Waals surface area (Å²) in [5.41, 5.74) is 0.383. The van der Waals surface area contributed by atoms with Gasteiger partial charge in [-0.2, -0.15) is 0 Å². The first-order valence-corrected chi connectivity index (χ1v) is 8.24. The number of sulfonamides is 1. The molecule has 0 amide bonds. The third-order valence-corrected chi connectivity index (χ3v) is 4.92. The maximum atomic E-state index is 12.5. The van der Waals surface area contributed by atoms with Crippen molar-refractivity contribution in [1.82, 2.24) is 4.31 Å². The van der Waals surface area contributed by atoms with E-state index in [2.05, 4.69) is 11.8 Å². The summed E-state index contributed by atoms with van der Waals surface area (Å²) in [5.74, 6) is 5.13. The van der Waals surface area contributed by atoms with Crippen molar-refractivity contribution in [1.29, 1.82) is 0 Å². The zero-order valence-corrected chi connectivity index (χ0v) is 12.9. The van der Waals surface area contributed by atoms with Gasteiger partial charge in [0.25, 0.3) is 0 Å². The quantitative estimate of drug-likeness (QED) is 0.577. The molecule has 0 bridgehead atoms. The van der Waals surface area contributed by atoms with E-state index in [9.17, 15) is 8.42 Å². The molecule has 1 aromatic carbocycles. The van der Waals surface area contributed by atoms with Crippen LogP contribution >= 0.6 is 0 Å². The van der Waals surface area contributed by atoms with Gasteiger partial charge in [0.2, 0.25) is 10.0 Å². The van der Waals surface area contributed by atoms with Gasteiger partial charge in [0.1, 0.15) is 6.61 Å². The van der Waals surface area contributed by atoms with Crippen LogP contribution in [0.15, 0.2) is 29.2 Å². The Kier molecular flexibility index (Phi) is 7.40. The molecule has 116 valence electrons. The molecule has 21 heavy (non-hydrogen) atoms. The number of benzene rings is 1. The minimum absolute atomic E-state index is 0.121. The monoisotopic (exact) mass is 311 g/mol. The number of hydrogen-bond acceptors (Lipinski definition) is 4. The van der Waals surface area contributed by atoms with Crippen molar-refractivity contribution in [3.8, 4) is 11.8 Å². The van der Waals surface area contributed by atoms with Gasteiger partial charge >= 0.3 is 0 Å². The zero-order valence-electron chi connectivity index (χ0n) is 12.1. The van der Waals surface area contributed by atoms with E-state index in [-0.39, 0.29) is 18.1 Å². The minimum atomic E-state index is -3.60. The molecule has 5 nitrogen and oxygen atoms in total. The Hall–Kier alpha value is -1.39. The van der Waals surface area contributed by atoms with E-state index in [1.54, 1.807) is 18.2 Å². The molecule has 0 spiro atoms. The van der Waals surface area contributed by atoms with E-state index < -0.39 is 10.0 Å². The second kappa shape index (κ2) is 8.80. The maximum absolute atomic E-state index is 12.5. The van der Waals surface area contributed by atoms with Crippen LogP contribution in [0.3, 0.4) is 0 Å². The average Bonchev–Trinajstić information content (AvgIpc) is 2.49. The Labute approximate surface area is 126 Å². The smallest absolute Gasteiger partial charge is 0.244 e. The minimum Gasteiger partial charge on any atom is -0.396 e. The normalized spacial score (nSPS) is 11.2. The number of unbranched alkanes of at least 4 members (excludes halogenated alkanes) is 2. The Bertz CT molecular complexity index is 602. The predicted molar refractivity (Wildman–Crippen MR) is 81.2 cm³/mol. The summed E-state index contributed by atoms with van der Waals surface area (Å²) in [7, 11) is -2.07. The highest BCUT2D eigenvalue weighted by atomic mass is 32.2. The lowest BCUT2D eigenvalue weighted by atomic mass is 10.2. The van der Waals surface area contributed by atoms with Crippen LogP contribution in [-0.4, -0.2) is 49.7 Å². The summed E-state index contributed by atoms with van der Waals surface area (Å²) < 4.78 is 26.3. The molecule has 0 radical (unpaired) electrons. The molecular formula is C15H21NO4S. The van der Waals surface area contributed by atoms with Gasteiger partial charge in [-0.25, -0.2) is 12.7 Å². The third kappa shape index (κ3) is 5.14. The van der Waals surface area contributed by atoms with Crippen LogP contribution in [0.25, 0.3) is 0 Å². The summed E-state index contributed by atoms with van der Waals surface area (Å²) in [5, 5.41) is 17.5. The zero-order chi connectivity index (χ0) is 15.7. The van der Waals surface area contributed by atoms with E-state index in [1.807, 2.05) is 0 Å². The van der Waals surface area contributed by atoms with E-state index in [0.29, 0.717) is 24.9 Å². The molecule has 0 saturated heterocycles. The van der Waals surface area contributed by atoms with Crippen molar-refractivity contribution in [2.24, 2.45) is 0 Å². The van der Waals surface area contributed by atoms with Gasteiger partial charge < -0.3 is 10.2 Å². The van der Waals surface area contributed by atoms with Gasteiger partial charge in [0.05, 0.1) is 4.90 Å². The molecule has 0 aliphatic heterocycles. The molecule has 2 N–H and O–H groups in total. The number of aliphatic hydroxyl groups is 2. The first kappa shape index (κ1) is 17.7. The second-order valence-electron chi connectivity index (χ2n) is 4.57. The van der Waals surface area contributed by atoms with Gasteiger partial charge in [0.15, 0.2) is 0 Å². The van der Waals surface area contributed by atoms with Crippen molar-refractivity contribution >= 4 is 10.0 Å². The van der Waals surface area contributed by atoms with Crippen molar-refractivity contribution in [2.75, 3.05) is 26.8 Å². The number of aliphatic hydroxyl groups excluding tert-OH is 2. The van der Waals surface area contributed by atoms with Gasteiger partial charge in [0, 0.05) is 25.8 Å². The van der Waals surface area contributed by atoms with Crippen LogP contribution in [-0.2, 0) is 10.0 Å². The van der Waals surface area contributed by atoms with E-state index in [1.165, 1.54) is 17.4 Å². The maximum Gasteiger partial charge on any atom is 0.244 e. The Morgan fingerprint density at radius 1 is 1.14 bits per heavy atom. The van der Waals surface area contributed by atoms with Crippen LogP contribution in [0, 0.1) is 11.8 Å². The highest BCUT2D eigenvalue weighted by molar-refractivity contribution is 7.89. The molecule has 6 heteroatoms. The Morgan fingerprint density at radius 3 is 2.52 bits per heavy atom. The molecule has 0 heterocycles. The molecule has 0 aliphatic carbocycles. The molecule has 0 aromatic heterocycles. The molecular weight excluding hydrogens is 290 g/mol. The number of hydrogen-bond donors (Lipinski definition) is 2. The standard InChI is InChI=1S/C15H21NO4S/c1-16(11-5-2-6-12-17)21(19,20)15-10-4-3-8-14(15)9-7-13-18/h3-4,8,10,17-18H,2,5-6,11-13H2,1H3. The lowest BCUT2D eigenvalue weighted by Gasteiger charge is -2.18. The number of rotatable bonds is 7. The SMILES string of the molecule is CN(CCCCCO)S(=O)(=O)c1ccccc1C#CCO. The fourth-order valence-electron chi connectivity index (χ4n) is 1.84. The molecule has 0 aliphatic rings. The Morgan fingerprint density at radius 2 is 1.86 bits per heavy atom. The summed E-state index contributed by atoms with van der Waals surface area (Å²) in [6.07, 6.45) is 2.15. The summed E-state index contributed by atoms with van der Waals surface area (Å²) in [6.45, 7) is 0.200. The highest BCUT2D eigenvalue weighted by Gasteiger charge is 2.22. The molecule has 1 aromatic rings. The Balaban J connectivity index is 2.92. The lowest BCUT2D eigenvalue weighted by molar-refractivity contribution is 0.281. The summed E-state index contributed by atoms with van der Waals surface area (Å²) in [6, 6.07) is 6.49. The van der Waals surface area contributed by atoms with Crippen molar-refractivity contribution < 1.29 is 18.6 Å². The lowest BCUT2D eigenvalue weighted by Crippen LogP contribution is -2.28. The van der Waals surface area contributed by atoms with Crippen LogP contribution in [0.2, 0.25) is 0 Å². The van der Waals surface area contributed by atoms with Crippen molar-refractivity contribution in [3.05, 3.63) is 29.8 Å². The fourth-order valence-corrected chi connectivity index (χ4v) is 3.19. The van der Waals surface area contributed by atoms with Gasteiger partial charge in [-0.3, -0.25) is 0 Å². The summed E-state index contributed by atoms with van der Waals surface area (Å²) >= 11 is 0. The predicted octanol–water partition coefficient (Wildman–Crippen LogP) is 0.813. The van der Waals surface area contributed by atoms with Crippen LogP contribution < -0.4 is 0 Å². The van der Waals surface area contributed by atoms with Gasteiger partial charge in [-0.05, 0) is 31.4 Å². The molecule has 0 atom stereocenters. The van der Waals surface area contributed by atoms with E-state index >= 15 is 0 Å². The largest absolute Gasteiger partial charge is 0.396 e. The van der Waals surface area contributed by atoms with E-state index in [4.69, 9.17) is 10.2 Å². The van der Waals surface area contributed by atoms with Gasteiger partial charge in [-0.15, -0.1) is 0 Å². The molecule has 0 fully saturated rings. The number of nitrogens with zero attached hydrogens (tertiary/aromatic N) is 1. The van der Waals surface area contributed by atoms with Crippen LogP contribution in [0.1, 0.15) is 24.8 Å². The van der Waals surface area contributed by atoms with Crippen molar-refractivity contribution in [3.63, 3.8) is 0 Å². The van der Waals surface area contributed by atoms with Gasteiger partial charge in [-0.1, -0.05) is 24.0 Å². The fraction of sp³-hybridized carbons (Fsp3) is 0.467. The first-order chi connectivity index (χ1) is 10.0. The van der Waals surface area contributed by atoms with Crippen molar-refractivity contribution in [2.45, 2.75) is 24.2 Å². The highest BCUT2D eigenvalue weighted by Crippen LogP contribution is 2.19. The molecule has 0 unspecified atom stereocenters. The van der Waals surface area contributed by atoms with Crippen LogP contribution in [0.4, 0.5) is 0 Å². The van der Waals surface area contributed by atoms with Crippen LogP contribution in [0.5, 0.6) is 0 Å². The molecule has 1 rings (SSSR count). The third-order valence-electron chi connectivity index (χ3n) is 3.01. The topological polar surface area (TPSA) is 77.8 Å². The first-order valence-electron chi connectivity index (χ1n) is 6.80. The second-order valence-corrected chi connectivity index (χ2v) is 6.58. The van der Waals surface area contributed by atoms with E-state index in [0.717, 1.165) is 6.42 Å². The summed E-state index contributed by atoms with van der Waals surface area (Å²) in [4.78, 5) is 0.149. The average molecular weight is 311 g/mol. The molecule has 0 saturated carbocycles.